The van der Waals surface area contributed by atoms with Gasteiger partial charge in [0.2, 0.25) is 0 Å². The molecule has 2 rings (SSSR count). The molecule has 0 amide bonds. The Kier molecular flexibility index (Phi) is 3.88. The standard InChI is InChI=1S/C16H25NO2/c1-15(2,3)16(18,11-17)10-12-8-9-19-14-7-5-4-6-13(12)14/h4-7,12,18H,8-11,17H2,1-3H3. The summed E-state index contributed by atoms with van der Waals surface area (Å²) < 4.78 is 5.67. The summed E-state index contributed by atoms with van der Waals surface area (Å²) in [4.78, 5) is 0. The van der Waals surface area contributed by atoms with Crippen molar-refractivity contribution >= 4 is 0 Å². The molecule has 1 aliphatic heterocycles. The molecule has 3 heteroatoms. The summed E-state index contributed by atoms with van der Waals surface area (Å²) in [7, 11) is 0. The first-order chi connectivity index (χ1) is 8.87. The van der Waals surface area contributed by atoms with Crippen LogP contribution in [0.2, 0.25) is 0 Å². The Morgan fingerprint density at radius 3 is 2.63 bits per heavy atom. The Morgan fingerprint density at radius 1 is 1.32 bits per heavy atom. The second kappa shape index (κ2) is 5.14. The molecule has 1 aromatic rings. The number of hydrogen-bond donors (Lipinski definition) is 2. The molecule has 0 radical (unpaired) electrons. The van der Waals surface area contributed by atoms with Crippen LogP contribution in [0.3, 0.4) is 0 Å². The molecule has 106 valence electrons. The first-order valence-corrected chi connectivity index (χ1v) is 7.01. The van der Waals surface area contributed by atoms with Crippen molar-refractivity contribution in [1.29, 1.82) is 0 Å². The Labute approximate surface area is 115 Å². The highest BCUT2D eigenvalue weighted by Crippen LogP contribution is 2.43. The third-order valence-corrected chi connectivity index (χ3v) is 4.40. The van der Waals surface area contributed by atoms with Crippen molar-refractivity contribution in [3.8, 4) is 5.75 Å². The van der Waals surface area contributed by atoms with Crippen LogP contribution in [0.1, 0.15) is 45.1 Å². The maximum Gasteiger partial charge on any atom is 0.122 e. The number of ether oxygens (including phenoxy) is 1. The van der Waals surface area contributed by atoms with E-state index in [1.807, 2.05) is 39.0 Å². The van der Waals surface area contributed by atoms with Crippen molar-refractivity contribution in [2.45, 2.75) is 45.1 Å². The van der Waals surface area contributed by atoms with Gasteiger partial charge in [-0.25, -0.2) is 0 Å². The zero-order valence-electron chi connectivity index (χ0n) is 12.1. The quantitative estimate of drug-likeness (QED) is 0.881. The predicted octanol–water partition coefficient (Wildman–Crippen LogP) is 2.68. The Hall–Kier alpha value is -1.06. The van der Waals surface area contributed by atoms with Crippen LogP contribution >= 0.6 is 0 Å². The summed E-state index contributed by atoms with van der Waals surface area (Å²) in [5.41, 5.74) is 5.98. The van der Waals surface area contributed by atoms with Crippen molar-refractivity contribution in [1.82, 2.24) is 0 Å². The van der Waals surface area contributed by atoms with Crippen molar-refractivity contribution < 1.29 is 9.84 Å². The van der Waals surface area contributed by atoms with E-state index in [1.165, 1.54) is 5.56 Å². The highest BCUT2D eigenvalue weighted by atomic mass is 16.5. The fourth-order valence-electron chi connectivity index (χ4n) is 2.73. The fourth-order valence-corrected chi connectivity index (χ4v) is 2.73. The molecule has 0 bridgehead atoms. The second-order valence-corrected chi connectivity index (χ2v) is 6.56. The highest BCUT2D eigenvalue weighted by molar-refractivity contribution is 5.38. The van der Waals surface area contributed by atoms with E-state index in [0.717, 1.165) is 12.2 Å². The highest BCUT2D eigenvalue weighted by Gasteiger charge is 2.41. The minimum Gasteiger partial charge on any atom is -0.493 e. The summed E-state index contributed by atoms with van der Waals surface area (Å²) in [5, 5.41) is 10.9. The minimum absolute atomic E-state index is 0.227. The van der Waals surface area contributed by atoms with Gasteiger partial charge in [0, 0.05) is 6.54 Å². The number of nitrogens with two attached hydrogens (primary N) is 1. The fraction of sp³-hybridized carbons (Fsp3) is 0.625. The van der Waals surface area contributed by atoms with Gasteiger partial charge >= 0.3 is 0 Å². The second-order valence-electron chi connectivity index (χ2n) is 6.56. The summed E-state index contributed by atoms with van der Waals surface area (Å²) in [6, 6.07) is 8.11. The van der Waals surface area contributed by atoms with E-state index in [9.17, 15) is 5.11 Å². The normalized spacial score (nSPS) is 22.3. The van der Waals surface area contributed by atoms with Crippen molar-refractivity contribution in [2.24, 2.45) is 11.1 Å². The molecule has 1 heterocycles. The topological polar surface area (TPSA) is 55.5 Å². The van der Waals surface area contributed by atoms with E-state index in [2.05, 4.69) is 6.07 Å². The Morgan fingerprint density at radius 2 is 2.00 bits per heavy atom. The van der Waals surface area contributed by atoms with Crippen LogP contribution < -0.4 is 10.5 Å². The Bertz CT molecular complexity index is 439. The molecule has 0 aliphatic carbocycles. The van der Waals surface area contributed by atoms with Gasteiger partial charge in [-0.2, -0.15) is 0 Å². The zero-order valence-corrected chi connectivity index (χ0v) is 12.1. The molecular formula is C16H25NO2. The van der Waals surface area contributed by atoms with Gasteiger partial charge in [-0.1, -0.05) is 39.0 Å². The number of fused-ring (bicyclic) bond motifs is 1. The summed E-state index contributed by atoms with van der Waals surface area (Å²) in [6.07, 6.45) is 1.63. The minimum atomic E-state index is -0.845. The third-order valence-electron chi connectivity index (χ3n) is 4.40. The van der Waals surface area contributed by atoms with Crippen LogP contribution in [0, 0.1) is 5.41 Å². The predicted molar refractivity (Wildman–Crippen MR) is 77.4 cm³/mol. The Balaban J connectivity index is 2.25. The molecular weight excluding hydrogens is 238 g/mol. The van der Waals surface area contributed by atoms with Gasteiger partial charge in [0.1, 0.15) is 5.75 Å². The number of para-hydroxylation sites is 1. The molecule has 0 saturated carbocycles. The number of hydrogen-bond acceptors (Lipinski definition) is 3. The summed E-state index contributed by atoms with van der Waals surface area (Å²) in [6.45, 7) is 7.14. The molecule has 3 N–H and O–H groups in total. The van der Waals surface area contributed by atoms with E-state index in [-0.39, 0.29) is 12.0 Å². The maximum absolute atomic E-state index is 10.9. The van der Waals surface area contributed by atoms with E-state index in [4.69, 9.17) is 10.5 Å². The van der Waals surface area contributed by atoms with E-state index >= 15 is 0 Å². The van der Waals surface area contributed by atoms with Crippen LogP contribution in [0.5, 0.6) is 5.75 Å². The average molecular weight is 263 g/mol. The number of benzene rings is 1. The van der Waals surface area contributed by atoms with Crippen LogP contribution in [-0.2, 0) is 0 Å². The van der Waals surface area contributed by atoms with Crippen LogP contribution in [0.25, 0.3) is 0 Å². The van der Waals surface area contributed by atoms with Gasteiger partial charge < -0.3 is 15.6 Å². The van der Waals surface area contributed by atoms with Crippen molar-refractivity contribution in [2.75, 3.05) is 13.2 Å². The summed E-state index contributed by atoms with van der Waals surface area (Å²) >= 11 is 0. The lowest BCUT2D eigenvalue weighted by Gasteiger charge is -2.42. The van der Waals surface area contributed by atoms with Crippen LogP contribution in [0.4, 0.5) is 0 Å². The zero-order chi connectivity index (χ0) is 14.1. The number of rotatable bonds is 3. The molecule has 0 fully saturated rings. The lowest BCUT2D eigenvalue weighted by Crippen LogP contribution is -2.50. The molecule has 1 aliphatic rings. The molecule has 2 atom stereocenters. The SMILES string of the molecule is CC(C)(C)C(O)(CN)CC1CCOc2ccccc21. The largest absolute Gasteiger partial charge is 0.493 e. The van der Waals surface area contributed by atoms with E-state index in [1.54, 1.807) is 0 Å². The molecule has 3 nitrogen and oxygen atoms in total. The van der Waals surface area contributed by atoms with Gasteiger partial charge in [0.05, 0.1) is 12.2 Å². The summed E-state index contributed by atoms with van der Waals surface area (Å²) in [5.74, 6) is 1.27. The first kappa shape index (κ1) is 14.4. The molecule has 1 aromatic carbocycles. The van der Waals surface area contributed by atoms with Crippen molar-refractivity contribution in [3.63, 3.8) is 0 Å². The molecule has 2 unspecified atom stereocenters. The van der Waals surface area contributed by atoms with Gasteiger partial charge in [0.15, 0.2) is 0 Å². The molecule has 0 aromatic heterocycles. The van der Waals surface area contributed by atoms with E-state index in [0.29, 0.717) is 18.9 Å². The van der Waals surface area contributed by atoms with Gasteiger partial charge in [-0.15, -0.1) is 0 Å². The molecule has 0 saturated heterocycles. The van der Waals surface area contributed by atoms with Crippen molar-refractivity contribution in [3.05, 3.63) is 29.8 Å². The number of aliphatic hydroxyl groups is 1. The third kappa shape index (κ3) is 2.77. The smallest absolute Gasteiger partial charge is 0.122 e. The van der Waals surface area contributed by atoms with Gasteiger partial charge in [-0.3, -0.25) is 0 Å². The van der Waals surface area contributed by atoms with Crippen LogP contribution in [-0.4, -0.2) is 23.9 Å². The van der Waals surface area contributed by atoms with Gasteiger partial charge in [0.25, 0.3) is 0 Å². The monoisotopic (exact) mass is 263 g/mol. The lowest BCUT2D eigenvalue weighted by atomic mass is 9.70. The molecule has 19 heavy (non-hydrogen) atoms. The first-order valence-electron chi connectivity index (χ1n) is 7.01. The van der Waals surface area contributed by atoms with Gasteiger partial charge in [-0.05, 0) is 35.8 Å². The molecule has 0 spiro atoms. The van der Waals surface area contributed by atoms with Crippen LogP contribution in [0.15, 0.2) is 24.3 Å². The lowest BCUT2D eigenvalue weighted by molar-refractivity contribution is -0.0633. The maximum atomic E-state index is 10.9. The van der Waals surface area contributed by atoms with E-state index < -0.39 is 5.60 Å². The average Bonchev–Trinajstić information content (AvgIpc) is 2.38.